The first-order valence-corrected chi connectivity index (χ1v) is 8.53. The molecule has 1 aliphatic carbocycles. The third-order valence-electron chi connectivity index (χ3n) is 4.30. The third kappa shape index (κ3) is 3.57. The van der Waals surface area contributed by atoms with Gasteiger partial charge < -0.3 is 10.4 Å². The van der Waals surface area contributed by atoms with Crippen molar-refractivity contribution in [2.24, 2.45) is 5.92 Å². The fourth-order valence-corrected chi connectivity index (χ4v) is 3.73. The molecule has 1 aromatic carbocycles. The summed E-state index contributed by atoms with van der Waals surface area (Å²) in [5.74, 6) is 0.362. The average Bonchev–Trinajstić information content (AvgIpc) is 2.91. The number of carbonyl (C=O) groups is 1. The smallest absolute Gasteiger partial charge is 0.261 e. The van der Waals surface area contributed by atoms with Crippen LogP contribution >= 0.6 is 11.3 Å². The summed E-state index contributed by atoms with van der Waals surface area (Å²) in [6.07, 6.45) is 2.17. The molecule has 0 spiro atoms. The molecule has 1 atom stereocenters. The fourth-order valence-electron chi connectivity index (χ4n) is 2.96. The topological polar surface area (TPSA) is 49.3 Å². The van der Waals surface area contributed by atoms with Crippen molar-refractivity contribution in [1.29, 1.82) is 0 Å². The highest BCUT2D eigenvalue weighted by molar-refractivity contribution is 7.13. The maximum absolute atomic E-state index is 12.4. The molecule has 1 aliphatic rings. The van der Waals surface area contributed by atoms with Crippen molar-refractivity contribution >= 4 is 17.2 Å². The number of aryl methyl sites for hydroxylation is 1. The standard InChI is InChI=1S/C18H21NO2S/c1-12-7-8-17(22-12)18(21)19-16(14-10-15(20)11-14)9-13-5-3-2-4-6-13/h2-8,14-16,20H,9-11H2,1H3,(H,19,21). The van der Waals surface area contributed by atoms with Crippen LogP contribution < -0.4 is 5.32 Å². The molecule has 2 aromatic rings. The number of benzene rings is 1. The van der Waals surface area contributed by atoms with Crippen molar-refractivity contribution in [1.82, 2.24) is 5.32 Å². The highest BCUT2D eigenvalue weighted by Gasteiger charge is 2.35. The first-order chi connectivity index (χ1) is 10.6. The molecule has 0 bridgehead atoms. The normalized spacial score (nSPS) is 21.9. The Balaban J connectivity index is 1.69. The van der Waals surface area contributed by atoms with Crippen LogP contribution in [0.4, 0.5) is 0 Å². The Hall–Kier alpha value is -1.65. The van der Waals surface area contributed by atoms with E-state index in [2.05, 4.69) is 17.4 Å². The molecule has 1 aromatic heterocycles. The molecule has 1 fully saturated rings. The number of amides is 1. The van der Waals surface area contributed by atoms with E-state index in [-0.39, 0.29) is 18.1 Å². The molecular weight excluding hydrogens is 294 g/mol. The number of rotatable bonds is 5. The Labute approximate surface area is 135 Å². The maximum atomic E-state index is 12.4. The molecule has 22 heavy (non-hydrogen) atoms. The summed E-state index contributed by atoms with van der Waals surface area (Å²) in [4.78, 5) is 14.3. The molecule has 1 saturated carbocycles. The van der Waals surface area contributed by atoms with Crippen molar-refractivity contribution < 1.29 is 9.90 Å². The zero-order chi connectivity index (χ0) is 15.5. The van der Waals surface area contributed by atoms with Gasteiger partial charge in [0, 0.05) is 10.9 Å². The largest absolute Gasteiger partial charge is 0.393 e. The summed E-state index contributed by atoms with van der Waals surface area (Å²) < 4.78 is 0. The molecular formula is C18H21NO2S. The van der Waals surface area contributed by atoms with Crippen molar-refractivity contribution in [3.63, 3.8) is 0 Å². The lowest BCUT2D eigenvalue weighted by Crippen LogP contribution is -2.48. The van der Waals surface area contributed by atoms with Gasteiger partial charge in [-0.3, -0.25) is 4.79 Å². The van der Waals surface area contributed by atoms with E-state index in [0.717, 1.165) is 29.0 Å². The van der Waals surface area contributed by atoms with Crippen LogP contribution in [0.3, 0.4) is 0 Å². The van der Waals surface area contributed by atoms with Crippen molar-refractivity contribution in [3.05, 3.63) is 57.8 Å². The van der Waals surface area contributed by atoms with E-state index >= 15 is 0 Å². The highest BCUT2D eigenvalue weighted by Crippen LogP contribution is 2.32. The van der Waals surface area contributed by atoms with E-state index in [1.165, 1.54) is 16.9 Å². The predicted octanol–water partition coefficient (Wildman–Crippen LogP) is 3.17. The number of aliphatic hydroxyl groups excluding tert-OH is 1. The van der Waals surface area contributed by atoms with Crippen molar-refractivity contribution in [3.8, 4) is 0 Å². The zero-order valence-electron chi connectivity index (χ0n) is 12.7. The van der Waals surface area contributed by atoms with Gasteiger partial charge >= 0.3 is 0 Å². The highest BCUT2D eigenvalue weighted by atomic mass is 32.1. The number of aliphatic hydroxyl groups is 1. The summed E-state index contributed by atoms with van der Waals surface area (Å²) in [5.41, 5.74) is 1.22. The minimum atomic E-state index is -0.204. The number of carbonyl (C=O) groups excluding carboxylic acids is 1. The van der Waals surface area contributed by atoms with Gasteiger partial charge in [0.25, 0.3) is 5.91 Å². The van der Waals surface area contributed by atoms with Gasteiger partial charge in [-0.25, -0.2) is 0 Å². The molecule has 0 radical (unpaired) electrons. The van der Waals surface area contributed by atoms with E-state index in [1.807, 2.05) is 37.3 Å². The average molecular weight is 315 g/mol. The van der Waals surface area contributed by atoms with E-state index in [4.69, 9.17) is 0 Å². The van der Waals surface area contributed by atoms with Gasteiger partial charge in [0.2, 0.25) is 0 Å². The van der Waals surface area contributed by atoms with Crippen LogP contribution in [0.1, 0.15) is 33.0 Å². The molecule has 1 unspecified atom stereocenters. The Morgan fingerprint density at radius 1 is 1.27 bits per heavy atom. The molecule has 3 nitrogen and oxygen atoms in total. The number of thiophene rings is 1. The lowest BCUT2D eigenvalue weighted by Gasteiger charge is -2.38. The first kappa shape index (κ1) is 15.3. The summed E-state index contributed by atoms with van der Waals surface area (Å²) in [6.45, 7) is 2.01. The summed E-state index contributed by atoms with van der Waals surface area (Å²) >= 11 is 1.52. The second kappa shape index (κ2) is 6.63. The minimum absolute atomic E-state index is 0.000390. The number of hydrogen-bond acceptors (Lipinski definition) is 3. The Morgan fingerprint density at radius 3 is 2.59 bits per heavy atom. The van der Waals surface area contributed by atoms with Gasteiger partial charge in [-0.05, 0) is 49.8 Å². The minimum Gasteiger partial charge on any atom is -0.393 e. The van der Waals surface area contributed by atoms with Crippen LogP contribution in [0.25, 0.3) is 0 Å². The second-order valence-corrected chi connectivity index (χ2v) is 7.35. The van der Waals surface area contributed by atoms with Gasteiger partial charge in [-0.15, -0.1) is 11.3 Å². The van der Waals surface area contributed by atoms with Crippen LogP contribution in [0, 0.1) is 12.8 Å². The van der Waals surface area contributed by atoms with Crippen LogP contribution in [-0.2, 0) is 6.42 Å². The van der Waals surface area contributed by atoms with E-state index in [9.17, 15) is 9.90 Å². The molecule has 1 heterocycles. The van der Waals surface area contributed by atoms with Crippen molar-refractivity contribution in [2.75, 3.05) is 0 Å². The second-order valence-electron chi connectivity index (χ2n) is 6.07. The van der Waals surface area contributed by atoms with Crippen LogP contribution in [0.5, 0.6) is 0 Å². The zero-order valence-corrected chi connectivity index (χ0v) is 13.5. The van der Waals surface area contributed by atoms with Crippen LogP contribution in [0.2, 0.25) is 0 Å². The van der Waals surface area contributed by atoms with E-state index in [1.54, 1.807) is 0 Å². The predicted molar refractivity (Wildman–Crippen MR) is 89.2 cm³/mol. The quantitative estimate of drug-likeness (QED) is 0.890. The Bertz CT molecular complexity index is 632. The van der Waals surface area contributed by atoms with Crippen LogP contribution in [0.15, 0.2) is 42.5 Å². The maximum Gasteiger partial charge on any atom is 0.261 e. The number of hydrogen-bond donors (Lipinski definition) is 2. The SMILES string of the molecule is Cc1ccc(C(=O)NC(Cc2ccccc2)C2CC(O)C2)s1. The number of nitrogens with one attached hydrogen (secondary N) is 1. The lowest BCUT2D eigenvalue weighted by molar-refractivity contribution is 0.0240. The fraction of sp³-hybridized carbons (Fsp3) is 0.389. The van der Waals surface area contributed by atoms with E-state index in [0.29, 0.717) is 5.92 Å². The van der Waals surface area contributed by atoms with Gasteiger partial charge in [-0.1, -0.05) is 30.3 Å². The summed E-state index contributed by atoms with van der Waals surface area (Å²) in [7, 11) is 0. The summed E-state index contributed by atoms with van der Waals surface area (Å²) in [6, 6.07) is 14.1. The third-order valence-corrected chi connectivity index (χ3v) is 5.30. The Kier molecular flexibility index (Phi) is 4.60. The molecule has 2 N–H and O–H groups in total. The van der Waals surface area contributed by atoms with E-state index < -0.39 is 0 Å². The Morgan fingerprint density at radius 2 is 2.00 bits per heavy atom. The van der Waals surface area contributed by atoms with Gasteiger partial charge in [0.15, 0.2) is 0 Å². The molecule has 1 amide bonds. The molecule has 116 valence electrons. The molecule has 0 saturated heterocycles. The molecule has 3 rings (SSSR count). The molecule has 4 heteroatoms. The first-order valence-electron chi connectivity index (χ1n) is 7.71. The van der Waals surface area contributed by atoms with Gasteiger partial charge in [0.05, 0.1) is 11.0 Å². The summed E-state index contributed by atoms with van der Waals surface area (Å²) in [5, 5.41) is 12.8. The van der Waals surface area contributed by atoms with Gasteiger partial charge in [-0.2, -0.15) is 0 Å². The van der Waals surface area contributed by atoms with Gasteiger partial charge in [0.1, 0.15) is 0 Å². The van der Waals surface area contributed by atoms with Crippen LogP contribution in [-0.4, -0.2) is 23.2 Å². The molecule has 0 aliphatic heterocycles. The lowest BCUT2D eigenvalue weighted by atomic mass is 9.75. The monoisotopic (exact) mass is 315 g/mol. The van der Waals surface area contributed by atoms with Crippen molar-refractivity contribution in [2.45, 2.75) is 38.3 Å².